The lowest BCUT2D eigenvalue weighted by atomic mass is 9.81. The Balaban J connectivity index is 1.07. The molecule has 0 aliphatic heterocycles. The summed E-state index contributed by atoms with van der Waals surface area (Å²) in [6.45, 7) is 11.6. The number of benzene rings is 7. The molecular formula is C58H44N6. The van der Waals surface area contributed by atoms with E-state index in [0.29, 0.717) is 0 Å². The third-order valence-corrected chi connectivity index (χ3v) is 14.4. The molecule has 0 spiro atoms. The van der Waals surface area contributed by atoms with Crippen molar-refractivity contribution in [3.63, 3.8) is 0 Å². The van der Waals surface area contributed by atoms with Gasteiger partial charge in [-0.3, -0.25) is 19.9 Å². The Kier molecular flexibility index (Phi) is 7.59. The molecule has 0 bridgehead atoms. The van der Waals surface area contributed by atoms with Crippen LogP contribution in [0.2, 0.25) is 0 Å². The third-order valence-electron chi connectivity index (χ3n) is 14.4. The van der Waals surface area contributed by atoms with Gasteiger partial charge in [0.25, 0.3) is 0 Å². The van der Waals surface area contributed by atoms with E-state index in [2.05, 4.69) is 183 Å². The molecule has 2 aliphatic rings. The van der Waals surface area contributed by atoms with Gasteiger partial charge in [-0.05, 0) is 75.2 Å². The van der Waals surface area contributed by atoms with Crippen LogP contribution in [-0.4, -0.2) is 30.3 Å². The Hall–Kier alpha value is -7.70. The van der Waals surface area contributed by atoms with E-state index in [1.165, 1.54) is 77.1 Å². The van der Waals surface area contributed by atoms with E-state index in [-0.39, 0.29) is 10.8 Å². The Labute approximate surface area is 370 Å². The summed E-state index contributed by atoms with van der Waals surface area (Å²) in [6, 6.07) is 46.7. The molecule has 6 nitrogen and oxygen atoms in total. The normalized spacial score (nSPS) is 14.8. The molecule has 0 saturated carbocycles. The SMILES string of the molecule is CC/C=N\c1c(/C=C/n2c3ccccc3c3ccc4c(c32)C(C)(C)c2ccccc2-4)c2nccnc2c2cc(-n3c4ccccc4c4ccc5c(c43)C(C)(C)c3ccccc3-5)cnc12. The number of hydrogen-bond donors (Lipinski definition) is 0. The number of fused-ring (bicyclic) bond motifs is 17. The van der Waals surface area contributed by atoms with E-state index in [0.717, 1.165) is 56.3 Å². The summed E-state index contributed by atoms with van der Waals surface area (Å²) >= 11 is 0. The Morgan fingerprint density at radius 2 is 1.12 bits per heavy atom. The lowest BCUT2D eigenvalue weighted by molar-refractivity contribution is 0.664. The third kappa shape index (κ3) is 4.80. The monoisotopic (exact) mass is 824 g/mol. The van der Waals surface area contributed by atoms with Gasteiger partial charge in [-0.25, -0.2) is 0 Å². The molecule has 11 aromatic rings. The molecule has 0 unspecified atom stereocenters. The van der Waals surface area contributed by atoms with E-state index >= 15 is 0 Å². The molecule has 0 atom stereocenters. The molecule has 2 aliphatic carbocycles. The molecule has 4 aromatic heterocycles. The predicted molar refractivity (Wildman–Crippen MR) is 267 cm³/mol. The summed E-state index contributed by atoms with van der Waals surface area (Å²) in [5, 5.41) is 5.83. The molecule has 0 N–H and O–H groups in total. The van der Waals surface area contributed by atoms with Crippen molar-refractivity contribution in [2.45, 2.75) is 51.9 Å². The van der Waals surface area contributed by atoms with Crippen LogP contribution in [0.5, 0.6) is 0 Å². The first-order chi connectivity index (χ1) is 31.3. The van der Waals surface area contributed by atoms with Crippen LogP contribution in [-0.2, 0) is 10.8 Å². The molecule has 0 fully saturated rings. The minimum absolute atomic E-state index is 0.194. The van der Waals surface area contributed by atoms with Gasteiger partial charge < -0.3 is 9.13 Å². The van der Waals surface area contributed by atoms with Gasteiger partial charge in [0.05, 0.1) is 56.2 Å². The summed E-state index contributed by atoms with van der Waals surface area (Å²) in [7, 11) is 0. The lowest BCUT2D eigenvalue weighted by Gasteiger charge is -2.23. The quantitative estimate of drug-likeness (QED) is 0.128. The average Bonchev–Trinajstić information content (AvgIpc) is 3.99. The van der Waals surface area contributed by atoms with Crippen LogP contribution in [0.1, 0.15) is 68.9 Å². The Morgan fingerprint density at radius 1 is 0.547 bits per heavy atom. The molecule has 0 saturated heterocycles. The van der Waals surface area contributed by atoms with Gasteiger partial charge in [0.1, 0.15) is 0 Å². The fraction of sp³-hybridized carbons (Fsp3) is 0.138. The second-order valence-corrected chi connectivity index (χ2v) is 18.5. The Bertz CT molecular complexity index is 3890. The van der Waals surface area contributed by atoms with Crippen molar-refractivity contribution in [1.29, 1.82) is 0 Å². The predicted octanol–water partition coefficient (Wildman–Crippen LogP) is 14.7. The van der Waals surface area contributed by atoms with E-state index < -0.39 is 0 Å². The van der Waals surface area contributed by atoms with Crippen molar-refractivity contribution in [2.75, 3.05) is 0 Å². The highest BCUT2D eigenvalue weighted by atomic mass is 15.0. The second kappa shape index (κ2) is 13.2. The fourth-order valence-electron chi connectivity index (χ4n) is 11.6. The molecule has 6 heteroatoms. The maximum absolute atomic E-state index is 5.37. The fourth-order valence-corrected chi connectivity index (χ4v) is 11.6. The van der Waals surface area contributed by atoms with Gasteiger partial charge in [0, 0.05) is 68.1 Å². The number of para-hydroxylation sites is 2. The first kappa shape index (κ1) is 36.9. The highest BCUT2D eigenvalue weighted by molar-refractivity contribution is 6.17. The first-order valence-corrected chi connectivity index (χ1v) is 22.4. The summed E-state index contributed by atoms with van der Waals surface area (Å²) in [4.78, 5) is 20.7. The van der Waals surface area contributed by atoms with Gasteiger partial charge in [-0.1, -0.05) is 144 Å². The van der Waals surface area contributed by atoms with Gasteiger partial charge in [-0.2, -0.15) is 0 Å². The van der Waals surface area contributed by atoms with Crippen LogP contribution >= 0.6 is 0 Å². The molecule has 64 heavy (non-hydrogen) atoms. The topological polar surface area (TPSA) is 60.9 Å². The van der Waals surface area contributed by atoms with Crippen molar-refractivity contribution in [3.05, 3.63) is 174 Å². The van der Waals surface area contributed by atoms with Crippen molar-refractivity contribution in [1.82, 2.24) is 24.1 Å². The number of hydrogen-bond acceptors (Lipinski definition) is 4. The number of rotatable bonds is 5. The Morgan fingerprint density at radius 3 is 1.81 bits per heavy atom. The lowest BCUT2D eigenvalue weighted by Crippen LogP contribution is -2.16. The summed E-state index contributed by atoms with van der Waals surface area (Å²) in [5.41, 5.74) is 19.9. The minimum atomic E-state index is -0.209. The smallest absolute Gasteiger partial charge is 0.0989 e. The van der Waals surface area contributed by atoms with Gasteiger partial charge in [0.15, 0.2) is 0 Å². The van der Waals surface area contributed by atoms with Crippen LogP contribution in [0.3, 0.4) is 0 Å². The molecule has 13 rings (SSSR count). The van der Waals surface area contributed by atoms with E-state index in [1.807, 2.05) is 12.4 Å². The standard InChI is InChI=1S/C58H44N6/c1-6-28-59-52-43(27-31-63-47-21-13-9-17-37(47)41-25-23-39-35-15-7-11-19-45(35)57(2,3)49(39)55(41)63)51-53(61-30-29-60-51)44-32-34(33-62-54(44)52)64-48-22-14-10-18-38(48)42-26-24-40-36-16-8-12-20-46(36)58(4,5)50(40)56(42)64/h7-33H,6H2,1-5H3/b31-27+,59-28-. The zero-order valence-corrected chi connectivity index (χ0v) is 36.5. The minimum Gasteiger partial charge on any atom is -0.316 e. The van der Waals surface area contributed by atoms with Crippen LogP contribution in [0.15, 0.2) is 151 Å². The van der Waals surface area contributed by atoms with Crippen molar-refractivity contribution >= 4 is 89.7 Å². The zero-order chi connectivity index (χ0) is 43.1. The van der Waals surface area contributed by atoms with Gasteiger partial charge >= 0.3 is 0 Å². The van der Waals surface area contributed by atoms with Gasteiger partial charge in [0.2, 0.25) is 0 Å². The van der Waals surface area contributed by atoms with Crippen molar-refractivity contribution < 1.29 is 0 Å². The maximum Gasteiger partial charge on any atom is 0.0989 e. The summed E-state index contributed by atoms with van der Waals surface area (Å²) < 4.78 is 4.81. The highest BCUT2D eigenvalue weighted by Gasteiger charge is 2.40. The van der Waals surface area contributed by atoms with E-state index in [4.69, 9.17) is 19.9 Å². The van der Waals surface area contributed by atoms with E-state index in [9.17, 15) is 0 Å². The largest absolute Gasteiger partial charge is 0.316 e. The maximum atomic E-state index is 5.37. The van der Waals surface area contributed by atoms with Crippen LogP contribution in [0, 0.1) is 0 Å². The molecule has 306 valence electrons. The van der Waals surface area contributed by atoms with Crippen molar-refractivity contribution in [2.24, 2.45) is 4.99 Å². The summed E-state index contributed by atoms with van der Waals surface area (Å²) in [6.07, 6.45) is 12.8. The molecule has 4 heterocycles. The van der Waals surface area contributed by atoms with Crippen LogP contribution < -0.4 is 0 Å². The molecule has 7 aromatic carbocycles. The molecular weight excluding hydrogens is 781 g/mol. The molecule has 0 amide bonds. The summed E-state index contributed by atoms with van der Waals surface area (Å²) in [5.74, 6) is 0. The van der Waals surface area contributed by atoms with Crippen LogP contribution in [0.25, 0.3) is 106 Å². The molecule has 0 radical (unpaired) electrons. The zero-order valence-electron chi connectivity index (χ0n) is 36.5. The van der Waals surface area contributed by atoms with E-state index in [1.54, 1.807) is 12.4 Å². The highest BCUT2D eigenvalue weighted by Crippen LogP contribution is 2.54. The second-order valence-electron chi connectivity index (χ2n) is 18.5. The average molecular weight is 825 g/mol. The number of aromatic nitrogens is 5. The number of pyridine rings is 1. The van der Waals surface area contributed by atoms with Gasteiger partial charge in [-0.15, -0.1) is 0 Å². The van der Waals surface area contributed by atoms with Crippen LogP contribution in [0.4, 0.5) is 5.69 Å². The first-order valence-electron chi connectivity index (χ1n) is 22.4. The van der Waals surface area contributed by atoms with Crippen molar-refractivity contribution in [3.8, 4) is 27.9 Å². The number of aliphatic imine (C=N–C) groups is 1. The number of nitrogens with zero attached hydrogens (tertiary/aromatic N) is 6.